The van der Waals surface area contributed by atoms with E-state index in [0.29, 0.717) is 30.0 Å². The zero-order valence-corrected chi connectivity index (χ0v) is 25.1. The first-order chi connectivity index (χ1) is 22.8. The predicted octanol–water partition coefficient (Wildman–Crippen LogP) is 4.62. The summed E-state index contributed by atoms with van der Waals surface area (Å²) in [6.07, 6.45) is -15.4. The second kappa shape index (κ2) is 15.3. The van der Waals surface area contributed by atoms with Crippen molar-refractivity contribution in [2.75, 3.05) is 5.32 Å². The van der Waals surface area contributed by atoms with E-state index in [0.717, 1.165) is 24.3 Å². The summed E-state index contributed by atoms with van der Waals surface area (Å²) in [6.45, 7) is 3.29. The number of ether oxygens (including phenoxy) is 2. The Morgan fingerprint density at radius 1 is 0.633 bits per heavy atom. The number of carbonyl (C=O) groups excluding carboxylic acids is 5. The molecule has 0 aliphatic carbocycles. The SMILES string of the molecule is CC(C)C(=O)Nc1ccc(C(=O)NNC(=O)[C@H](OC(=O)c2cccc(C(F)(F)F)c2)[C@@H](OC(=O)c2cccc(C(F)(F)F)c2)C(=O)O)cc1. The van der Waals surface area contributed by atoms with Gasteiger partial charge in [0, 0.05) is 17.2 Å². The van der Waals surface area contributed by atoms with Gasteiger partial charge >= 0.3 is 30.3 Å². The van der Waals surface area contributed by atoms with Crippen molar-refractivity contribution in [1.29, 1.82) is 0 Å². The molecule has 18 heteroatoms. The number of esters is 2. The molecule has 0 fully saturated rings. The molecule has 3 aromatic carbocycles. The summed E-state index contributed by atoms with van der Waals surface area (Å²) < 4.78 is 88.7. The monoisotopic (exact) mass is 697 g/mol. The number of alkyl halides is 6. The van der Waals surface area contributed by atoms with E-state index in [2.05, 4.69) is 5.32 Å². The van der Waals surface area contributed by atoms with Crippen molar-refractivity contribution in [2.24, 2.45) is 5.92 Å². The average Bonchev–Trinajstić information content (AvgIpc) is 3.04. The molecule has 49 heavy (non-hydrogen) atoms. The Labute approximate surface area is 272 Å². The molecule has 0 spiro atoms. The largest absolute Gasteiger partial charge is 0.478 e. The number of hydrogen-bond acceptors (Lipinski definition) is 8. The summed E-state index contributed by atoms with van der Waals surface area (Å²) in [6, 6.07) is 10.2. The van der Waals surface area contributed by atoms with Crippen molar-refractivity contribution in [2.45, 2.75) is 38.4 Å². The van der Waals surface area contributed by atoms with Crippen LogP contribution >= 0.6 is 0 Å². The number of aliphatic carboxylic acids is 1. The van der Waals surface area contributed by atoms with Crippen LogP contribution in [0.2, 0.25) is 0 Å². The van der Waals surface area contributed by atoms with Gasteiger partial charge in [-0.25, -0.2) is 14.4 Å². The minimum Gasteiger partial charge on any atom is -0.478 e. The first-order valence-corrected chi connectivity index (χ1v) is 13.8. The van der Waals surface area contributed by atoms with Gasteiger partial charge in [0.1, 0.15) is 0 Å². The molecule has 0 saturated heterocycles. The van der Waals surface area contributed by atoms with Crippen molar-refractivity contribution in [3.8, 4) is 0 Å². The van der Waals surface area contributed by atoms with Gasteiger partial charge in [-0.3, -0.25) is 25.2 Å². The number of rotatable bonds is 10. The van der Waals surface area contributed by atoms with E-state index in [9.17, 15) is 60.2 Å². The van der Waals surface area contributed by atoms with Crippen LogP contribution < -0.4 is 16.2 Å². The third kappa shape index (κ3) is 10.3. The van der Waals surface area contributed by atoms with Gasteiger partial charge in [0.05, 0.1) is 22.3 Å². The normalized spacial score (nSPS) is 12.7. The van der Waals surface area contributed by atoms with Gasteiger partial charge < -0.3 is 19.9 Å². The van der Waals surface area contributed by atoms with Gasteiger partial charge in [0.15, 0.2) is 0 Å². The van der Waals surface area contributed by atoms with Gasteiger partial charge in [-0.2, -0.15) is 26.3 Å². The molecule has 0 unspecified atom stereocenters. The van der Waals surface area contributed by atoms with E-state index in [1.165, 1.54) is 24.3 Å². The Balaban J connectivity index is 1.88. The maximum atomic E-state index is 13.2. The fourth-order valence-corrected chi connectivity index (χ4v) is 3.76. The van der Waals surface area contributed by atoms with Gasteiger partial charge in [0.25, 0.3) is 11.8 Å². The molecule has 3 amide bonds. The maximum Gasteiger partial charge on any atom is 0.416 e. The lowest BCUT2D eigenvalue weighted by Crippen LogP contribution is -2.54. The zero-order valence-electron chi connectivity index (χ0n) is 25.1. The van der Waals surface area contributed by atoms with Crippen LogP contribution in [0.4, 0.5) is 32.0 Å². The molecule has 0 bridgehead atoms. The van der Waals surface area contributed by atoms with Crippen molar-refractivity contribution in [3.05, 3.63) is 101 Å². The standard InChI is InChI=1S/C31H25F6N3O9/c1-15(2)24(41)38-21-11-9-16(10-12-21)25(42)39-40-26(43)22(48-28(46)17-5-3-7-19(13-17)30(32,33)34)23(27(44)45)49-29(47)18-6-4-8-20(14-18)31(35,36)37/h3-15,22-23H,1-2H3,(H,38,41)(H,39,42)(H,40,43)(H,44,45)/t22-,23-/m1/s1. The van der Waals surface area contributed by atoms with Crippen LogP contribution in [-0.2, 0) is 36.2 Å². The van der Waals surface area contributed by atoms with Crippen LogP contribution in [0.5, 0.6) is 0 Å². The highest BCUT2D eigenvalue weighted by Gasteiger charge is 2.42. The second-order valence-corrected chi connectivity index (χ2v) is 10.3. The molecule has 3 rings (SSSR count). The van der Waals surface area contributed by atoms with E-state index in [4.69, 9.17) is 9.47 Å². The number of amides is 3. The summed E-state index contributed by atoms with van der Waals surface area (Å²) in [5.74, 6) is -9.00. The molecule has 0 aromatic heterocycles. The predicted molar refractivity (Wildman–Crippen MR) is 154 cm³/mol. The van der Waals surface area contributed by atoms with Crippen LogP contribution in [0.1, 0.15) is 56.0 Å². The number of carbonyl (C=O) groups is 6. The van der Waals surface area contributed by atoms with Gasteiger partial charge in [-0.05, 0) is 60.7 Å². The summed E-state index contributed by atoms with van der Waals surface area (Å²) in [7, 11) is 0. The fourth-order valence-electron chi connectivity index (χ4n) is 3.76. The molecule has 2 atom stereocenters. The number of nitrogens with one attached hydrogen (secondary N) is 3. The molecular formula is C31H25F6N3O9. The van der Waals surface area contributed by atoms with Crippen molar-refractivity contribution in [1.82, 2.24) is 10.9 Å². The maximum absolute atomic E-state index is 13.2. The summed E-state index contributed by atoms with van der Waals surface area (Å²) >= 11 is 0. The Bertz CT molecular complexity index is 1740. The average molecular weight is 698 g/mol. The van der Waals surface area contributed by atoms with Crippen LogP contribution in [-0.4, -0.2) is 52.9 Å². The molecule has 3 aromatic rings. The summed E-state index contributed by atoms with van der Waals surface area (Å²) in [4.78, 5) is 75.3. The number of anilines is 1. The molecular weight excluding hydrogens is 672 g/mol. The third-order valence-electron chi connectivity index (χ3n) is 6.33. The molecule has 4 N–H and O–H groups in total. The molecule has 0 saturated carbocycles. The van der Waals surface area contributed by atoms with E-state index < -0.39 is 76.5 Å². The van der Waals surface area contributed by atoms with Crippen LogP contribution in [0.25, 0.3) is 0 Å². The number of hydrogen-bond donors (Lipinski definition) is 4. The van der Waals surface area contributed by atoms with Crippen LogP contribution in [0, 0.1) is 5.92 Å². The lowest BCUT2D eigenvalue weighted by Gasteiger charge is -2.24. The number of hydrazine groups is 1. The Morgan fingerprint density at radius 3 is 1.53 bits per heavy atom. The van der Waals surface area contributed by atoms with Crippen LogP contribution in [0.3, 0.4) is 0 Å². The minimum atomic E-state index is -4.93. The fraction of sp³-hybridized carbons (Fsp3) is 0.226. The van der Waals surface area contributed by atoms with E-state index in [1.54, 1.807) is 19.3 Å². The highest BCUT2D eigenvalue weighted by atomic mass is 19.4. The summed E-state index contributed by atoms with van der Waals surface area (Å²) in [5, 5.41) is 12.4. The number of carboxylic acid groups (broad SMARTS) is 1. The van der Waals surface area contributed by atoms with Gasteiger partial charge in [0.2, 0.25) is 18.1 Å². The second-order valence-electron chi connectivity index (χ2n) is 10.3. The molecule has 0 aliphatic rings. The summed E-state index contributed by atoms with van der Waals surface area (Å²) in [5.41, 5.74) is -0.482. The lowest BCUT2D eigenvalue weighted by molar-refractivity contribution is -0.159. The first kappa shape index (κ1) is 37.5. The molecule has 0 radical (unpaired) electrons. The molecule has 0 heterocycles. The zero-order chi connectivity index (χ0) is 36.7. The van der Waals surface area contributed by atoms with E-state index in [-0.39, 0.29) is 17.4 Å². The molecule has 260 valence electrons. The molecule has 12 nitrogen and oxygen atoms in total. The van der Waals surface area contributed by atoms with Crippen molar-refractivity contribution >= 4 is 41.3 Å². The Kier molecular flexibility index (Phi) is 11.7. The van der Waals surface area contributed by atoms with Gasteiger partial charge in [-0.1, -0.05) is 26.0 Å². The quantitative estimate of drug-likeness (QED) is 0.134. The highest BCUT2D eigenvalue weighted by Crippen LogP contribution is 2.31. The number of halogens is 6. The minimum absolute atomic E-state index is 0.119. The van der Waals surface area contributed by atoms with Crippen molar-refractivity contribution in [3.63, 3.8) is 0 Å². The highest BCUT2D eigenvalue weighted by molar-refractivity contribution is 5.99. The lowest BCUT2D eigenvalue weighted by atomic mass is 10.1. The van der Waals surface area contributed by atoms with Gasteiger partial charge in [-0.15, -0.1) is 0 Å². The first-order valence-electron chi connectivity index (χ1n) is 13.8. The third-order valence-corrected chi connectivity index (χ3v) is 6.33. The topological polar surface area (TPSA) is 177 Å². The van der Waals surface area contributed by atoms with E-state index in [1.807, 2.05) is 5.43 Å². The Hall–Kier alpha value is -5.94. The number of carboxylic acids is 1. The van der Waals surface area contributed by atoms with Crippen molar-refractivity contribution < 1.29 is 69.7 Å². The van der Waals surface area contributed by atoms with Crippen LogP contribution in [0.15, 0.2) is 72.8 Å². The Morgan fingerprint density at radius 2 is 1.10 bits per heavy atom. The van der Waals surface area contributed by atoms with E-state index >= 15 is 0 Å². The molecule has 0 aliphatic heterocycles. The number of benzene rings is 3. The smallest absolute Gasteiger partial charge is 0.416 e.